The first-order valence-electron chi connectivity index (χ1n) is 8.02. The minimum Gasteiger partial charge on any atom is -0.489 e. The van der Waals surface area contributed by atoms with Crippen LogP contribution in [-0.4, -0.2) is 11.0 Å². The van der Waals surface area contributed by atoms with Crippen LogP contribution in [0.3, 0.4) is 0 Å². The second kappa shape index (κ2) is 8.13. The molecule has 25 heavy (non-hydrogen) atoms. The van der Waals surface area contributed by atoms with E-state index in [-0.39, 0.29) is 12.5 Å². The molecule has 0 aliphatic carbocycles. The van der Waals surface area contributed by atoms with Crippen LogP contribution in [-0.2, 0) is 13.2 Å². The highest BCUT2D eigenvalue weighted by Gasteiger charge is 2.08. The quantitative estimate of drug-likeness (QED) is 0.716. The van der Waals surface area contributed by atoms with Crippen molar-refractivity contribution in [3.63, 3.8) is 0 Å². The lowest BCUT2D eigenvalue weighted by Crippen LogP contribution is -2.12. The second-order valence-electron chi connectivity index (χ2n) is 5.61. The van der Waals surface area contributed by atoms with Crippen molar-refractivity contribution in [1.82, 2.24) is 0 Å². The monoisotopic (exact) mass is 333 g/mol. The van der Waals surface area contributed by atoms with Crippen molar-refractivity contribution in [3.05, 3.63) is 95.6 Å². The largest absolute Gasteiger partial charge is 0.489 e. The number of hydrogen-bond acceptors (Lipinski definition) is 3. The molecule has 4 heteroatoms. The van der Waals surface area contributed by atoms with Crippen molar-refractivity contribution >= 4 is 11.6 Å². The summed E-state index contributed by atoms with van der Waals surface area (Å²) in [4.78, 5) is 12.4. The molecule has 0 aliphatic rings. The SMILES string of the molecule is O=C(Nc1cccc(CO)c1)c1cccc(OCc2ccccc2)c1. The lowest BCUT2D eigenvalue weighted by molar-refractivity contribution is 0.102. The number of aliphatic hydroxyl groups is 1. The van der Waals surface area contributed by atoms with E-state index in [0.717, 1.165) is 11.1 Å². The van der Waals surface area contributed by atoms with Crippen molar-refractivity contribution in [1.29, 1.82) is 0 Å². The van der Waals surface area contributed by atoms with Gasteiger partial charge >= 0.3 is 0 Å². The highest BCUT2D eigenvalue weighted by Crippen LogP contribution is 2.17. The number of ether oxygens (including phenoxy) is 1. The van der Waals surface area contributed by atoms with Gasteiger partial charge in [0.05, 0.1) is 6.61 Å². The number of amides is 1. The molecule has 0 unspecified atom stereocenters. The average Bonchev–Trinajstić information content (AvgIpc) is 2.67. The van der Waals surface area contributed by atoms with Crippen LogP contribution < -0.4 is 10.1 Å². The van der Waals surface area contributed by atoms with E-state index in [1.54, 1.807) is 42.5 Å². The number of hydrogen-bond donors (Lipinski definition) is 2. The Morgan fingerprint density at radius 2 is 1.64 bits per heavy atom. The predicted octanol–water partition coefficient (Wildman–Crippen LogP) is 4.01. The first kappa shape index (κ1) is 16.7. The highest BCUT2D eigenvalue weighted by atomic mass is 16.5. The molecule has 1 amide bonds. The molecule has 3 aromatic carbocycles. The smallest absolute Gasteiger partial charge is 0.255 e. The van der Waals surface area contributed by atoms with Gasteiger partial charge < -0.3 is 15.2 Å². The standard InChI is InChI=1S/C21H19NO3/c23-14-17-8-4-10-19(12-17)22-21(24)18-9-5-11-20(13-18)25-15-16-6-2-1-3-7-16/h1-13,23H,14-15H2,(H,22,24). The summed E-state index contributed by atoms with van der Waals surface area (Å²) in [5.74, 6) is 0.417. The van der Waals surface area contributed by atoms with Crippen LogP contribution in [0.2, 0.25) is 0 Å². The summed E-state index contributed by atoms with van der Waals surface area (Å²) in [6, 6.07) is 24.1. The Hall–Kier alpha value is -3.11. The third-order valence-electron chi connectivity index (χ3n) is 3.71. The Morgan fingerprint density at radius 3 is 2.44 bits per heavy atom. The van der Waals surface area contributed by atoms with E-state index < -0.39 is 0 Å². The molecule has 2 N–H and O–H groups in total. The van der Waals surface area contributed by atoms with Gasteiger partial charge in [-0.05, 0) is 41.5 Å². The predicted molar refractivity (Wildman–Crippen MR) is 97.5 cm³/mol. The van der Waals surface area contributed by atoms with Gasteiger partial charge in [0.15, 0.2) is 0 Å². The van der Waals surface area contributed by atoms with E-state index >= 15 is 0 Å². The number of nitrogens with one attached hydrogen (secondary N) is 1. The van der Waals surface area contributed by atoms with Gasteiger partial charge in [-0.2, -0.15) is 0 Å². The molecule has 0 heterocycles. The van der Waals surface area contributed by atoms with Crippen LogP contribution in [0.1, 0.15) is 21.5 Å². The zero-order chi connectivity index (χ0) is 17.5. The Bertz CT molecular complexity index is 847. The van der Waals surface area contributed by atoms with E-state index in [2.05, 4.69) is 5.32 Å². The molecular weight excluding hydrogens is 314 g/mol. The fourth-order valence-electron chi connectivity index (χ4n) is 2.42. The van der Waals surface area contributed by atoms with Crippen LogP contribution in [0.5, 0.6) is 5.75 Å². The molecule has 0 bridgehead atoms. The zero-order valence-corrected chi connectivity index (χ0v) is 13.7. The Kier molecular flexibility index (Phi) is 5.44. The van der Waals surface area contributed by atoms with Gasteiger partial charge in [-0.15, -0.1) is 0 Å². The molecule has 126 valence electrons. The molecule has 3 rings (SSSR count). The van der Waals surface area contributed by atoms with E-state index in [9.17, 15) is 9.90 Å². The van der Waals surface area contributed by atoms with Gasteiger partial charge in [0.25, 0.3) is 5.91 Å². The van der Waals surface area contributed by atoms with Crippen molar-refractivity contribution in [2.75, 3.05) is 5.32 Å². The highest BCUT2D eigenvalue weighted by molar-refractivity contribution is 6.04. The van der Waals surface area contributed by atoms with E-state index in [4.69, 9.17) is 4.74 Å². The minimum atomic E-state index is -0.222. The summed E-state index contributed by atoms with van der Waals surface area (Å²) in [5.41, 5.74) is 2.98. The maximum absolute atomic E-state index is 12.4. The number of carbonyl (C=O) groups excluding carboxylic acids is 1. The van der Waals surface area contributed by atoms with Crippen molar-refractivity contribution < 1.29 is 14.6 Å². The molecule has 0 fully saturated rings. The van der Waals surface area contributed by atoms with Gasteiger partial charge in [0.1, 0.15) is 12.4 Å². The van der Waals surface area contributed by atoms with Crippen LogP contribution in [0, 0.1) is 0 Å². The summed E-state index contributed by atoms with van der Waals surface area (Å²) >= 11 is 0. The number of aliphatic hydroxyl groups excluding tert-OH is 1. The topological polar surface area (TPSA) is 58.6 Å². The molecule has 0 radical (unpaired) electrons. The number of carbonyl (C=O) groups is 1. The molecule has 3 aromatic rings. The molecule has 0 aromatic heterocycles. The first-order valence-corrected chi connectivity index (χ1v) is 8.02. The van der Waals surface area contributed by atoms with Crippen molar-refractivity contribution in [2.24, 2.45) is 0 Å². The minimum absolute atomic E-state index is 0.0630. The Balaban J connectivity index is 1.66. The van der Waals surface area contributed by atoms with Crippen LogP contribution in [0.25, 0.3) is 0 Å². The van der Waals surface area contributed by atoms with Crippen LogP contribution in [0.4, 0.5) is 5.69 Å². The van der Waals surface area contributed by atoms with E-state index in [0.29, 0.717) is 23.6 Å². The zero-order valence-electron chi connectivity index (χ0n) is 13.7. The average molecular weight is 333 g/mol. The van der Waals surface area contributed by atoms with Gasteiger partial charge in [-0.1, -0.05) is 48.5 Å². The van der Waals surface area contributed by atoms with Gasteiger partial charge in [-0.25, -0.2) is 0 Å². The second-order valence-corrected chi connectivity index (χ2v) is 5.61. The maximum atomic E-state index is 12.4. The Morgan fingerprint density at radius 1 is 0.880 bits per heavy atom. The molecule has 0 saturated carbocycles. The molecule has 4 nitrogen and oxygen atoms in total. The third kappa shape index (κ3) is 4.68. The Labute approximate surface area is 146 Å². The van der Waals surface area contributed by atoms with Crippen LogP contribution in [0.15, 0.2) is 78.9 Å². The lowest BCUT2D eigenvalue weighted by atomic mass is 10.1. The number of rotatable bonds is 6. The summed E-state index contributed by atoms with van der Waals surface area (Å²) in [7, 11) is 0. The summed E-state index contributed by atoms with van der Waals surface area (Å²) in [6.45, 7) is 0.386. The fourth-order valence-corrected chi connectivity index (χ4v) is 2.42. The van der Waals surface area contributed by atoms with Crippen molar-refractivity contribution in [3.8, 4) is 5.75 Å². The fraction of sp³-hybridized carbons (Fsp3) is 0.0952. The first-order chi connectivity index (χ1) is 12.2. The molecular formula is C21H19NO3. The van der Waals surface area contributed by atoms with Gasteiger partial charge in [-0.3, -0.25) is 4.79 Å². The van der Waals surface area contributed by atoms with Crippen molar-refractivity contribution in [2.45, 2.75) is 13.2 Å². The summed E-state index contributed by atoms with van der Waals surface area (Å²) < 4.78 is 5.76. The van der Waals surface area contributed by atoms with Gasteiger partial charge in [0.2, 0.25) is 0 Å². The van der Waals surface area contributed by atoms with E-state index in [1.807, 2.05) is 36.4 Å². The maximum Gasteiger partial charge on any atom is 0.255 e. The van der Waals surface area contributed by atoms with Crippen LogP contribution >= 0.6 is 0 Å². The normalized spacial score (nSPS) is 10.3. The third-order valence-corrected chi connectivity index (χ3v) is 3.71. The number of benzene rings is 3. The molecule has 0 atom stereocenters. The molecule has 0 saturated heterocycles. The number of anilines is 1. The summed E-state index contributed by atoms with van der Waals surface area (Å²) in [5, 5.41) is 12.0. The molecule has 0 spiro atoms. The van der Waals surface area contributed by atoms with E-state index in [1.165, 1.54) is 0 Å². The van der Waals surface area contributed by atoms with Gasteiger partial charge in [0, 0.05) is 11.3 Å². The lowest BCUT2D eigenvalue weighted by Gasteiger charge is -2.09. The molecule has 0 aliphatic heterocycles. The summed E-state index contributed by atoms with van der Waals surface area (Å²) in [6.07, 6.45) is 0.